The van der Waals surface area contributed by atoms with Crippen LogP contribution in [0.5, 0.6) is 0 Å². The van der Waals surface area contributed by atoms with Gasteiger partial charge in [-0.1, -0.05) is 6.58 Å². The zero-order valence-electron chi connectivity index (χ0n) is 7.72. The van der Waals surface area contributed by atoms with Crippen LogP contribution in [0.15, 0.2) is 28.5 Å². The summed E-state index contributed by atoms with van der Waals surface area (Å²) < 4.78 is 6.18. The molecule has 0 N–H and O–H groups in total. The molecule has 4 heteroatoms. The maximum Gasteiger partial charge on any atom is 0.244 e. The second-order valence-corrected chi connectivity index (χ2v) is 8.76. The fraction of sp³-hybridized carbons (Fsp3) is 0.375. The summed E-state index contributed by atoms with van der Waals surface area (Å²) in [6.45, 7) is 13.5. The Balaban J connectivity index is 3.99. The zero-order chi connectivity index (χ0) is 9.78. The molecule has 0 aliphatic rings. The van der Waals surface area contributed by atoms with Crippen molar-refractivity contribution in [1.29, 1.82) is 0 Å². The summed E-state index contributed by atoms with van der Waals surface area (Å²) in [6, 6.07) is 0. The van der Waals surface area contributed by atoms with Crippen LogP contribution >= 0.6 is 15.9 Å². The minimum Gasteiger partial charge on any atom is -0.532 e. The highest BCUT2D eigenvalue weighted by atomic mass is 79.9. The molecule has 12 heavy (non-hydrogen) atoms. The molecule has 2 nitrogen and oxygen atoms in total. The van der Waals surface area contributed by atoms with E-state index < -0.39 is 8.32 Å². The second kappa shape index (κ2) is 4.62. The molecule has 0 aliphatic carbocycles. The lowest BCUT2D eigenvalue weighted by atomic mass is 10.7. The lowest BCUT2D eigenvalue weighted by Crippen LogP contribution is -2.24. The molecule has 68 valence electrons. The first kappa shape index (κ1) is 11.6. The third kappa shape index (κ3) is 7.75. The first-order chi connectivity index (χ1) is 5.31. The zero-order valence-corrected chi connectivity index (χ0v) is 10.3. The van der Waals surface area contributed by atoms with Crippen LogP contribution in [0.4, 0.5) is 0 Å². The molecule has 0 bridgehead atoms. The third-order valence-corrected chi connectivity index (χ3v) is 1.83. The van der Waals surface area contributed by atoms with Crippen molar-refractivity contribution in [3.63, 3.8) is 0 Å². The largest absolute Gasteiger partial charge is 0.532 e. The van der Waals surface area contributed by atoms with Gasteiger partial charge in [0.15, 0.2) is 5.88 Å². The van der Waals surface area contributed by atoms with Gasteiger partial charge < -0.3 is 4.43 Å². The van der Waals surface area contributed by atoms with E-state index in [0.29, 0.717) is 10.4 Å². The van der Waals surface area contributed by atoms with E-state index in [2.05, 4.69) is 53.7 Å². The fourth-order valence-electron chi connectivity index (χ4n) is 0.522. The third-order valence-electron chi connectivity index (χ3n) is 0.773. The van der Waals surface area contributed by atoms with E-state index in [0.717, 1.165) is 0 Å². The number of hydrogen-bond donors (Lipinski definition) is 0. The van der Waals surface area contributed by atoms with Gasteiger partial charge in [0.25, 0.3) is 0 Å². The van der Waals surface area contributed by atoms with Crippen molar-refractivity contribution in [2.24, 2.45) is 4.99 Å². The lowest BCUT2D eigenvalue weighted by Gasteiger charge is -2.17. The predicted octanol–water partition coefficient (Wildman–Crippen LogP) is 3.29. The monoisotopic (exact) mass is 247 g/mol. The Kier molecular flexibility index (Phi) is 4.48. The quantitative estimate of drug-likeness (QED) is 0.425. The SMILES string of the molecule is C=C(Br)C=NC(=C)O[Si](C)(C)C. The van der Waals surface area contributed by atoms with Crippen molar-refractivity contribution in [3.8, 4) is 0 Å². The van der Waals surface area contributed by atoms with E-state index in [1.165, 1.54) is 0 Å². The molecule has 0 heterocycles. The molecule has 0 saturated carbocycles. The molecule has 0 saturated heterocycles. The average molecular weight is 248 g/mol. The minimum atomic E-state index is -1.55. The van der Waals surface area contributed by atoms with Gasteiger partial charge in [0, 0.05) is 10.7 Å². The molecule has 0 aromatic heterocycles. The van der Waals surface area contributed by atoms with Crippen LogP contribution in [0.3, 0.4) is 0 Å². The molecule has 0 fully saturated rings. The number of allylic oxidation sites excluding steroid dienone is 1. The summed E-state index contributed by atoms with van der Waals surface area (Å²) in [7, 11) is -1.55. The Morgan fingerprint density at radius 3 is 2.25 bits per heavy atom. The molecule has 0 amide bonds. The van der Waals surface area contributed by atoms with Crippen LogP contribution < -0.4 is 0 Å². The highest BCUT2D eigenvalue weighted by Gasteiger charge is 2.15. The van der Waals surface area contributed by atoms with E-state index in [1.54, 1.807) is 6.21 Å². The van der Waals surface area contributed by atoms with Gasteiger partial charge in [-0.25, -0.2) is 4.99 Å². The molecule has 0 rings (SSSR count). The number of rotatable bonds is 4. The standard InChI is InChI=1S/C8H14BrNOSi/c1-7(9)6-10-8(2)11-12(3,4)5/h6H,1-2H2,3-5H3. The molecule has 0 aliphatic heterocycles. The van der Waals surface area contributed by atoms with Crippen molar-refractivity contribution in [2.45, 2.75) is 19.6 Å². The van der Waals surface area contributed by atoms with Crippen molar-refractivity contribution < 1.29 is 4.43 Å². The Labute approximate surface area is 83.3 Å². The first-order valence-corrected chi connectivity index (χ1v) is 7.78. The van der Waals surface area contributed by atoms with E-state index in [4.69, 9.17) is 4.43 Å². The average Bonchev–Trinajstić information content (AvgIpc) is 1.79. The van der Waals surface area contributed by atoms with Crippen LogP contribution in [0.2, 0.25) is 19.6 Å². The number of halogens is 1. The van der Waals surface area contributed by atoms with Gasteiger partial charge in [-0.15, -0.1) is 0 Å². The van der Waals surface area contributed by atoms with Gasteiger partial charge in [0.1, 0.15) is 0 Å². The molecular formula is C8H14BrNOSi. The van der Waals surface area contributed by atoms with Crippen LogP contribution in [0.25, 0.3) is 0 Å². The smallest absolute Gasteiger partial charge is 0.244 e. The summed E-state index contributed by atoms with van der Waals surface area (Å²) in [4.78, 5) is 3.96. The Morgan fingerprint density at radius 2 is 1.92 bits per heavy atom. The normalized spacial score (nSPS) is 11.7. The maximum atomic E-state index is 5.47. The highest BCUT2D eigenvalue weighted by molar-refractivity contribution is 9.12. The van der Waals surface area contributed by atoms with Gasteiger partial charge >= 0.3 is 0 Å². The number of hydrogen-bond acceptors (Lipinski definition) is 2. The van der Waals surface area contributed by atoms with Crippen molar-refractivity contribution in [1.82, 2.24) is 0 Å². The van der Waals surface area contributed by atoms with E-state index in [1.807, 2.05) is 0 Å². The van der Waals surface area contributed by atoms with Gasteiger partial charge in [-0.05, 0) is 42.1 Å². The second-order valence-electron chi connectivity index (χ2n) is 3.31. The summed E-state index contributed by atoms with van der Waals surface area (Å²) in [5.41, 5.74) is 0. The van der Waals surface area contributed by atoms with Crippen LogP contribution in [-0.4, -0.2) is 14.5 Å². The van der Waals surface area contributed by atoms with Gasteiger partial charge in [-0.2, -0.15) is 0 Å². The topological polar surface area (TPSA) is 21.6 Å². The Hall–Kier alpha value is -0.353. The molecule has 0 spiro atoms. The molecule has 0 unspecified atom stereocenters. The number of aliphatic imine (C=N–C) groups is 1. The van der Waals surface area contributed by atoms with Gasteiger partial charge in [0.2, 0.25) is 8.32 Å². The van der Waals surface area contributed by atoms with E-state index in [9.17, 15) is 0 Å². The van der Waals surface area contributed by atoms with Crippen molar-refractivity contribution in [2.75, 3.05) is 0 Å². The molecule has 0 aromatic carbocycles. The van der Waals surface area contributed by atoms with E-state index in [-0.39, 0.29) is 0 Å². The van der Waals surface area contributed by atoms with Crippen molar-refractivity contribution in [3.05, 3.63) is 23.5 Å². The molecule has 0 aromatic rings. The predicted molar refractivity (Wildman–Crippen MR) is 60.1 cm³/mol. The minimum absolute atomic E-state index is 0.453. The number of nitrogens with zero attached hydrogens (tertiary/aromatic N) is 1. The van der Waals surface area contributed by atoms with Crippen LogP contribution in [-0.2, 0) is 4.43 Å². The van der Waals surface area contributed by atoms with E-state index >= 15 is 0 Å². The van der Waals surface area contributed by atoms with Gasteiger partial charge in [-0.3, -0.25) is 0 Å². The highest BCUT2D eigenvalue weighted by Crippen LogP contribution is 2.09. The Bertz CT molecular complexity index is 218. The fourth-order valence-corrected chi connectivity index (χ4v) is 1.38. The molecule has 0 atom stereocenters. The van der Waals surface area contributed by atoms with Gasteiger partial charge in [0.05, 0.1) is 0 Å². The lowest BCUT2D eigenvalue weighted by molar-refractivity contribution is 0.421. The van der Waals surface area contributed by atoms with Crippen molar-refractivity contribution >= 4 is 30.5 Å². The summed E-state index contributed by atoms with van der Waals surface area (Å²) in [5, 5.41) is 0. The summed E-state index contributed by atoms with van der Waals surface area (Å²) >= 11 is 3.15. The Morgan fingerprint density at radius 1 is 1.42 bits per heavy atom. The summed E-state index contributed by atoms with van der Waals surface area (Å²) in [6.07, 6.45) is 1.57. The maximum absolute atomic E-state index is 5.47. The molecule has 0 radical (unpaired) electrons. The first-order valence-electron chi connectivity index (χ1n) is 3.57. The van der Waals surface area contributed by atoms with Crippen LogP contribution in [0.1, 0.15) is 0 Å². The summed E-state index contributed by atoms with van der Waals surface area (Å²) in [5.74, 6) is 0.453. The molecular weight excluding hydrogens is 234 g/mol. The van der Waals surface area contributed by atoms with Crippen LogP contribution in [0, 0.1) is 0 Å².